The molecule has 0 unspecified atom stereocenters. The highest BCUT2D eigenvalue weighted by Crippen LogP contribution is 2.14. The maximum absolute atomic E-state index is 12.0. The molecule has 0 atom stereocenters. The molecular weight excluding hydrogens is 254 g/mol. The first-order valence-electron chi connectivity index (χ1n) is 6.11. The predicted molar refractivity (Wildman–Crippen MR) is 76.3 cm³/mol. The number of rotatable bonds is 2. The Morgan fingerprint density at radius 2 is 2.25 bits per heavy atom. The summed E-state index contributed by atoms with van der Waals surface area (Å²) in [6, 6.07) is 7.15. The minimum Gasteiger partial charge on any atom is -0.384 e. The summed E-state index contributed by atoms with van der Waals surface area (Å²) in [5.74, 6) is 5.14. The minimum absolute atomic E-state index is 0.191. The average Bonchev–Trinajstić information content (AvgIpc) is 2.82. The Kier molecular flexibility index (Phi) is 4.18. The molecule has 20 heavy (non-hydrogen) atoms. The zero-order valence-corrected chi connectivity index (χ0v) is 11.3. The van der Waals surface area contributed by atoms with E-state index in [4.69, 9.17) is 5.11 Å². The van der Waals surface area contributed by atoms with Crippen LogP contribution in [-0.2, 0) is 7.05 Å². The number of amides is 1. The molecule has 1 aromatic carbocycles. The third-order valence-electron chi connectivity index (χ3n) is 2.59. The van der Waals surface area contributed by atoms with Gasteiger partial charge in [0, 0.05) is 24.5 Å². The molecule has 0 bridgehead atoms. The number of carbonyl (C=O) groups excluding carboxylic acids is 1. The van der Waals surface area contributed by atoms with Gasteiger partial charge in [-0.25, -0.2) is 0 Å². The molecule has 0 aliphatic rings. The zero-order valence-electron chi connectivity index (χ0n) is 11.3. The van der Waals surface area contributed by atoms with Crippen LogP contribution >= 0.6 is 0 Å². The molecule has 102 valence electrons. The van der Waals surface area contributed by atoms with Gasteiger partial charge in [0.2, 0.25) is 0 Å². The van der Waals surface area contributed by atoms with Gasteiger partial charge in [0.05, 0.1) is 0 Å². The van der Waals surface area contributed by atoms with Gasteiger partial charge in [0.15, 0.2) is 5.69 Å². The number of carbonyl (C=O) groups is 1. The Labute approximate surface area is 117 Å². The predicted octanol–water partition coefficient (Wildman–Crippen LogP) is 1.32. The van der Waals surface area contributed by atoms with Crippen LogP contribution in [0.5, 0.6) is 0 Å². The van der Waals surface area contributed by atoms with Gasteiger partial charge in [-0.1, -0.05) is 11.8 Å². The highest BCUT2D eigenvalue weighted by molar-refractivity contribution is 6.02. The Balaban J connectivity index is 2.20. The Hall–Kier alpha value is -2.58. The normalized spacial score (nSPS) is 9.75. The van der Waals surface area contributed by atoms with Gasteiger partial charge >= 0.3 is 0 Å². The van der Waals surface area contributed by atoms with Crippen molar-refractivity contribution in [2.45, 2.75) is 6.92 Å². The molecule has 0 spiro atoms. The van der Waals surface area contributed by atoms with Gasteiger partial charge in [0.25, 0.3) is 5.91 Å². The molecule has 0 saturated carbocycles. The van der Waals surface area contributed by atoms with Crippen molar-refractivity contribution in [2.75, 3.05) is 11.9 Å². The van der Waals surface area contributed by atoms with E-state index in [0.717, 1.165) is 11.1 Å². The van der Waals surface area contributed by atoms with Crippen LogP contribution < -0.4 is 5.32 Å². The fraction of sp³-hybridized carbons (Fsp3) is 0.200. The van der Waals surface area contributed by atoms with E-state index in [9.17, 15) is 4.79 Å². The van der Waals surface area contributed by atoms with E-state index in [1.54, 1.807) is 30.1 Å². The number of hydrogen-bond donors (Lipinski definition) is 2. The second-order valence-corrected chi connectivity index (χ2v) is 4.38. The molecular formula is C15H15N3O2. The molecule has 0 saturated heterocycles. The topological polar surface area (TPSA) is 67.2 Å². The Bertz CT molecular complexity index is 693. The number of aryl methyl sites for hydroxylation is 2. The molecule has 1 amide bonds. The number of hydrogen-bond acceptors (Lipinski definition) is 3. The van der Waals surface area contributed by atoms with Crippen molar-refractivity contribution in [3.8, 4) is 11.8 Å². The highest BCUT2D eigenvalue weighted by atomic mass is 16.2. The third-order valence-corrected chi connectivity index (χ3v) is 2.59. The number of anilines is 1. The smallest absolute Gasteiger partial charge is 0.276 e. The molecule has 0 aliphatic heterocycles. The lowest BCUT2D eigenvalue weighted by Crippen LogP contribution is -2.13. The molecule has 2 N–H and O–H groups in total. The lowest BCUT2D eigenvalue weighted by atomic mass is 10.1. The lowest BCUT2D eigenvalue weighted by molar-refractivity contribution is 0.102. The van der Waals surface area contributed by atoms with Crippen molar-refractivity contribution < 1.29 is 9.90 Å². The van der Waals surface area contributed by atoms with Crippen LogP contribution in [0.25, 0.3) is 0 Å². The first-order valence-corrected chi connectivity index (χ1v) is 6.11. The number of nitrogens with one attached hydrogen (secondary N) is 1. The number of nitrogens with zero attached hydrogens (tertiary/aromatic N) is 2. The van der Waals surface area contributed by atoms with Crippen LogP contribution in [-0.4, -0.2) is 27.4 Å². The van der Waals surface area contributed by atoms with Gasteiger partial charge in [-0.3, -0.25) is 9.48 Å². The summed E-state index contributed by atoms with van der Waals surface area (Å²) in [5, 5.41) is 15.5. The molecule has 5 nitrogen and oxygen atoms in total. The lowest BCUT2D eigenvalue weighted by Gasteiger charge is -2.05. The van der Waals surface area contributed by atoms with E-state index in [2.05, 4.69) is 22.3 Å². The number of benzene rings is 1. The molecule has 2 rings (SSSR count). The van der Waals surface area contributed by atoms with Gasteiger partial charge in [-0.2, -0.15) is 5.10 Å². The molecule has 1 aromatic heterocycles. The van der Waals surface area contributed by atoms with E-state index in [-0.39, 0.29) is 12.5 Å². The monoisotopic (exact) mass is 269 g/mol. The summed E-state index contributed by atoms with van der Waals surface area (Å²) >= 11 is 0. The molecule has 0 fully saturated rings. The largest absolute Gasteiger partial charge is 0.384 e. The first-order chi connectivity index (χ1) is 9.58. The van der Waals surface area contributed by atoms with E-state index in [0.29, 0.717) is 11.4 Å². The SMILES string of the molecule is Cc1cc(C#CCO)cc(NC(=O)c2ccn(C)n2)c1. The number of aliphatic hydroxyl groups excluding tert-OH is 1. The number of aliphatic hydroxyl groups is 1. The molecule has 5 heteroatoms. The molecule has 2 aromatic rings. The van der Waals surface area contributed by atoms with Crippen LogP contribution in [0.15, 0.2) is 30.5 Å². The van der Waals surface area contributed by atoms with E-state index < -0.39 is 0 Å². The number of aromatic nitrogens is 2. The maximum atomic E-state index is 12.0. The molecule has 1 heterocycles. The third kappa shape index (κ3) is 3.46. The van der Waals surface area contributed by atoms with Gasteiger partial charge in [-0.15, -0.1) is 0 Å². The van der Waals surface area contributed by atoms with Crippen molar-refractivity contribution >= 4 is 11.6 Å². The summed E-state index contributed by atoms with van der Waals surface area (Å²) < 4.78 is 1.57. The van der Waals surface area contributed by atoms with Crippen LogP contribution in [0.2, 0.25) is 0 Å². The van der Waals surface area contributed by atoms with E-state index in [1.807, 2.05) is 19.1 Å². The Morgan fingerprint density at radius 3 is 2.90 bits per heavy atom. The van der Waals surface area contributed by atoms with Crippen LogP contribution in [0.4, 0.5) is 5.69 Å². The van der Waals surface area contributed by atoms with Gasteiger partial charge < -0.3 is 10.4 Å². The van der Waals surface area contributed by atoms with Crippen LogP contribution in [0, 0.1) is 18.8 Å². The average molecular weight is 269 g/mol. The van der Waals surface area contributed by atoms with Crippen LogP contribution in [0.1, 0.15) is 21.6 Å². The van der Waals surface area contributed by atoms with Gasteiger partial charge in [-0.05, 0) is 36.8 Å². The standard InChI is InChI=1S/C15H15N3O2/c1-11-8-12(4-3-7-19)10-13(9-11)16-15(20)14-5-6-18(2)17-14/h5-6,8-10,19H,7H2,1-2H3,(H,16,20). The van der Waals surface area contributed by atoms with E-state index in [1.165, 1.54) is 0 Å². The van der Waals surface area contributed by atoms with E-state index >= 15 is 0 Å². The fourth-order valence-corrected chi connectivity index (χ4v) is 1.80. The van der Waals surface area contributed by atoms with Gasteiger partial charge in [0.1, 0.15) is 6.61 Å². The summed E-state index contributed by atoms with van der Waals surface area (Å²) in [5.41, 5.74) is 2.74. The summed E-state index contributed by atoms with van der Waals surface area (Å²) in [6.45, 7) is 1.73. The summed E-state index contributed by atoms with van der Waals surface area (Å²) in [7, 11) is 1.76. The molecule has 0 radical (unpaired) electrons. The second kappa shape index (κ2) is 6.04. The molecule has 0 aliphatic carbocycles. The zero-order chi connectivity index (χ0) is 14.5. The summed E-state index contributed by atoms with van der Waals surface area (Å²) in [6.07, 6.45) is 1.71. The quantitative estimate of drug-likeness (QED) is 0.808. The van der Waals surface area contributed by atoms with Crippen molar-refractivity contribution in [3.63, 3.8) is 0 Å². The van der Waals surface area contributed by atoms with Crippen molar-refractivity contribution in [3.05, 3.63) is 47.3 Å². The van der Waals surface area contributed by atoms with Crippen molar-refractivity contribution in [1.29, 1.82) is 0 Å². The first kappa shape index (κ1) is 13.8. The van der Waals surface area contributed by atoms with Crippen molar-refractivity contribution in [2.24, 2.45) is 7.05 Å². The minimum atomic E-state index is -0.266. The van der Waals surface area contributed by atoms with Crippen molar-refractivity contribution in [1.82, 2.24) is 9.78 Å². The summed E-state index contributed by atoms with van der Waals surface area (Å²) in [4.78, 5) is 12.0. The maximum Gasteiger partial charge on any atom is 0.276 e. The fourth-order valence-electron chi connectivity index (χ4n) is 1.80. The Morgan fingerprint density at radius 1 is 1.45 bits per heavy atom. The van der Waals surface area contributed by atoms with Crippen LogP contribution in [0.3, 0.4) is 0 Å². The second-order valence-electron chi connectivity index (χ2n) is 4.38. The highest BCUT2D eigenvalue weighted by Gasteiger charge is 2.09.